The Hall–Kier alpha value is -4.04. The highest BCUT2D eigenvalue weighted by Crippen LogP contribution is 2.31. The van der Waals surface area contributed by atoms with Gasteiger partial charge in [-0.1, -0.05) is 66.7 Å². The number of piperidine rings is 1. The fraction of sp³-hybridized carbons (Fsp3) is 0.344. The van der Waals surface area contributed by atoms with Gasteiger partial charge in [-0.2, -0.15) is 0 Å². The van der Waals surface area contributed by atoms with Crippen molar-refractivity contribution in [3.05, 3.63) is 95.6 Å². The van der Waals surface area contributed by atoms with E-state index in [0.717, 1.165) is 49.0 Å². The summed E-state index contributed by atoms with van der Waals surface area (Å²) in [5, 5.41) is 7.54. The molecule has 0 radical (unpaired) electrons. The molecule has 1 heterocycles. The van der Waals surface area contributed by atoms with Crippen molar-refractivity contribution < 1.29 is 23.8 Å². The molecule has 1 aliphatic heterocycles. The first-order chi connectivity index (χ1) is 19.4. The lowest BCUT2D eigenvalue weighted by Crippen LogP contribution is -2.42. The van der Waals surface area contributed by atoms with Crippen molar-refractivity contribution in [3.63, 3.8) is 0 Å². The number of aryl methyl sites for hydroxylation is 1. The molecular formula is C32H38ClN3O5. The Morgan fingerprint density at radius 2 is 1.51 bits per heavy atom. The van der Waals surface area contributed by atoms with Crippen LogP contribution < -0.4 is 15.2 Å². The smallest absolute Gasteiger partial charge is 0.311 e. The molecule has 218 valence electrons. The predicted molar refractivity (Wildman–Crippen MR) is 160 cm³/mol. The summed E-state index contributed by atoms with van der Waals surface area (Å²) in [7, 11) is 1.53. The molecule has 3 aromatic carbocycles. The predicted octanol–water partition coefficient (Wildman–Crippen LogP) is 5.67. The van der Waals surface area contributed by atoms with E-state index in [0.29, 0.717) is 30.3 Å². The van der Waals surface area contributed by atoms with Crippen molar-refractivity contribution in [2.75, 3.05) is 20.2 Å². The number of hydrogen-bond acceptors (Lipinski definition) is 6. The topological polar surface area (TPSA) is 115 Å². The Kier molecular flexibility index (Phi) is 12.0. The Morgan fingerprint density at radius 1 is 0.902 bits per heavy atom. The number of rotatable bonds is 11. The van der Waals surface area contributed by atoms with Crippen LogP contribution in [0, 0.1) is 11.3 Å². The Morgan fingerprint density at radius 3 is 2.07 bits per heavy atom. The number of esters is 2. The van der Waals surface area contributed by atoms with E-state index in [4.69, 9.17) is 25.4 Å². The third-order valence-corrected chi connectivity index (χ3v) is 7.24. The summed E-state index contributed by atoms with van der Waals surface area (Å²) in [6.45, 7) is 1.49. The van der Waals surface area contributed by atoms with Gasteiger partial charge in [0, 0.05) is 25.9 Å². The average Bonchev–Trinajstić information content (AvgIpc) is 2.99. The molecule has 1 saturated heterocycles. The lowest BCUT2D eigenvalue weighted by molar-refractivity contribution is -0.147. The van der Waals surface area contributed by atoms with Gasteiger partial charge in [0.25, 0.3) is 0 Å². The second-order valence-corrected chi connectivity index (χ2v) is 10.0. The van der Waals surface area contributed by atoms with E-state index in [-0.39, 0.29) is 36.7 Å². The maximum atomic E-state index is 12.9. The molecule has 0 bridgehead atoms. The van der Waals surface area contributed by atoms with Crippen molar-refractivity contribution in [2.45, 2.75) is 44.6 Å². The number of guanidine groups is 1. The average molecular weight is 580 g/mol. The summed E-state index contributed by atoms with van der Waals surface area (Å²) in [5.74, 6) is 0.709. The van der Waals surface area contributed by atoms with E-state index in [1.807, 2.05) is 71.6 Å². The van der Waals surface area contributed by atoms with Crippen LogP contribution in [0.3, 0.4) is 0 Å². The standard InChI is InChI=1S/C32H37N3O5.ClH/c1-38-28-22-24(12-15-27(28)39-29(36)16-13-23-18-20-35(21-19-23)32(33)34)14-17-30(37)40-31(25-8-4-2-5-9-25)26-10-6-3-7-11-26;/h2-12,15,22-23,31H,13-14,16-21H2,1H3,(H3,33,34);1H. The number of carbonyl (C=O) groups excluding carboxylic acids is 2. The normalized spacial score (nSPS) is 13.3. The minimum absolute atomic E-state index is 0. The zero-order valence-electron chi connectivity index (χ0n) is 23.3. The number of ether oxygens (including phenoxy) is 3. The number of carbonyl (C=O) groups is 2. The molecule has 3 N–H and O–H groups in total. The molecule has 0 atom stereocenters. The molecule has 1 fully saturated rings. The molecule has 1 aliphatic rings. The zero-order chi connectivity index (χ0) is 28.3. The van der Waals surface area contributed by atoms with Crippen molar-refractivity contribution in [3.8, 4) is 11.5 Å². The fourth-order valence-corrected chi connectivity index (χ4v) is 4.93. The van der Waals surface area contributed by atoms with Crippen molar-refractivity contribution in [1.82, 2.24) is 4.90 Å². The molecule has 0 saturated carbocycles. The summed E-state index contributed by atoms with van der Waals surface area (Å²) in [6, 6.07) is 24.7. The monoisotopic (exact) mass is 579 g/mol. The SMILES string of the molecule is COc1cc(CCC(=O)OC(c2ccccc2)c2ccccc2)ccc1OC(=O)CCC1CCN(C(=N)N)CC1.Cl. The van der Waals surface area contributed by atoms with Gasteiger partial charge in [-0.15, -0.1) is 12.4 Å². The number of nitrogens with zero attached hydrogens (tertiary/aromatic N) is 1. The van der Waals surface area contributed by atoms with Gasteiger partial charge in [0.1, 0.15) is 0 Å². The molecule has 3 aromatic rings. The molecule has 0 aromatic heterocycles. The van der Waals surface area contributed by atoms with Crippen LogP contribution in [0.5, 0.6) is 11.5 Å². The van der Waals surface area contributed by atoms with Gasteiger partial charge in [-0.3, -0.25) is 15.0 Å². The molecule has 9 heteroatoms. The quantitative estimate of drug-likeness (QED) is 0.130. The summed E-state index contributed by atoms with van der Waals surface area (Å²) in [5.41, 5.74) is 8.26. The highest BCUT2D eigenvalue weighted by atomic mass is 35.5. The van der Waals surface area contributed by atoms with E-state index in [1.54, 1.807) is 12.1 Å². The van der Waals surface area contributed by atoms with E-state index in [9.17, 15) is 9.59 Å². The number of benzene rings is 3. The second-order valence-electron chi connectivity index (χ2n) is 10.0. The highest BCUT2D eigenvalue weighted by molar-refractivity contribution is 5.85. The fourth-order valence-electron chi connectivity index (χ4n) is 4.93. The molecular weight excluding hydrogens is 542 g/mol. The van der Waals surface area contributed by atoms with E-state index >= 15 is 0 Å². The number of methoxy groups -OCH3 is 1. The van der Waals surface area contributed by atoms with Crippen LogP contribution in [-0.2, 0) is 20.7 Å². The van der Waals surface area contributed by atoms with Crippen molar-refractivity contribution >= 4 is 30.3 Å². The third-order valence-electron chi connectivity index (χ3n) is 7.24. The first kappa shape index (κ1) is 31.5. The number of nitrogens with two attached hydrogens (primary N) is 1. The van der Waals surface area contributed by atoms with E-state index in [1.165, 1.54) is 7.11 Å². The molecule has 0 unspecified atom stereocenters. The lowest BCUT2D eigenvalue weighted by Gasteiger charge is -2.31. The Bertz CT molecular complexity index is 1240. The molecule has 0 spiro atoms. The highest BCUT2D eigenvalue weighted by Gasteiger charge is 2.22. The zero-order valence-corrected chi connectivity index (χ0v) is 24.1. The van der Waals surface area contributed by atoms with Crippen molar-refractivity contribution in [2.24, 2.45) is 11.7 Å². The van der Waals surface area contributed by atoms with Gasteiger partial charge in [-0.05, 0) is 60.4 Å². The Balaban J connectivity index is 0.00000462. The van der Waals surface area contributed by atoms with Crippen LogP contribution >= 0.6 is 12.4 Å². The van der Waals surface area contributed by atoms with E-state index in [2.05, 4.69) is 0 Å². The Labute approximate surface area is 247 Å². The summed E-state index contributed by atoms with van der Waals surface area (Å²) in [6.07, 6.45) is 3.04. The van der Waals surface area contributed by atoms with Crippen LogP contribution in [0.4, 0.5) is 0 Å². The second kappa shape index (κ2) is 15.7. The van der Waals surface area contributed by atoms with Gasteiger partial charge in [0.05, 0.1) is 7.11 Å². The minimum Gasteiger partial charge on any atom is -0.493 e. The van der Waals surface area contributed by atoms with Crippen LogP contribution in [0.1, 0.15) is 54.9 Å². The van der Waals surface area contributed by atoms with Crippen LogP contribution in [0.2, 0.25) is 0 Å². The minimum atomic E-state index is -0.479. The maximum absolute atomic E-state index is 12.9. The van der Waals surface area contributed by atoms with Gasteiger partial charge in [0.15, 0.2) is 23.6 Å². The lowest BCUT2D eigenvalue weighted by atomic mass is 9.92. The van der Waals surface area contributed by atoms with Crippen LogP contribution in [-0.4, -0.2) is 43.0 Å². The number of hydrogen-bond donors (Lipinski definition) is 2. The molecule has 4 rings (SSSR count). The molecule has 0 amide bonds. The number of nitrogens with one attached hydrogen (secondary N) is 1. The summed E-state index contributed by atoms with van der Waals surface area (Å²) < 4.78 is 17.0. The summed E-state index contributed by atoms with van der Waals surface area (Å²) in [4.78, 5) is 27.2. The first-order valence-electron chi connectivity index (χ1n) is 13.7. The van der Waals surface area contributed by atoms with Crippen LogP contribution in [0.15, 0.2) is 78.9 Å². The first-order valence-corrected chi connectivity index (χ1v) is 13.7. The van der Waals surface area contributed by atoms with Gasteiger partial charge >= 0.3 is 11.9 Å². The van der Waals surface area contributed by atoms with Gasteiger partial charge in [-0.25, -0.2) is 0 Å². The van der Waals surface area contributed by atoms with Gasteiger partial charge < -0.3 is 24.8 Å². The van der Waals surface area contributed by atoms with E-state index < -0.39 is 6.10 Å². The largest absolute Gasteiger partial charge is 0.493 e. The molecule has 0 aliphatic carbocycles. The number of likely N-dealkylation sites (tertiary alicyclic amines) is 1. The van der Waals surface area contributed by atoms with Crippen LogP contribution in [0.25, 0.3) is 0 Å². The maximum Gasteiger partial charge on any atom is 0.311 e. The van der Waals surface area contributed by atoms with Crippen molar-refractivity contribution in [1.29, 1.82) is 5.41 Å². The summed E-state index contributed by atoms with van der Waals surface area (Å²) >= 11 is 0. The molecule has 8 nitrogen and oxygen atoms in total. The third kappa shape index (κ3) is 9.25. The number of halogens is 1. The van der Waals surface area contributed by atoms with Gasteiger partial charge in [0.2, 0.25) is 0 Å². The molecule has 41 heavy (non-hydrogen) atoms.